The van der Waals surface area contributed by atoms with Crippen molar-refractivity contribution < 1.29 is 40.8 Å². The van der Waals surface area contributed by atoms with Crippen molar-refractivity contribution in [2.75, 3.05) is 19.5 Å². The van der Waals surface area contributed by atoms with Gasteiger partial charge in [0.2, 0.25) is 5.79 Å². The predicted molar refractivity (Wildman–Crippen MR) is 100 cm³/mol. The average Bonchev–Trinajstić information content (AvgIpc) is 2.69. The lowest BCUT2D eigenvalue weighted by Gasteiger charge is -2.42. The van der Waals surface area contributed by atoms with Crippen LogP contribution in [0.15, 0.2) is 53.4 Å². The molecule has 0 N–H and O–H groups in total. The lowest BCUT2D eigenvalue weighted by molar-refractivity contribution is -0.484. The Morgan fingerprint density at radius 3 is 2.13 bits per heavy atom. The zero-order valence-corrected chi connectivity index (χ0v) is 17.3. The van der Waals surface area contributed by atoms with Crippen molar-refractivity contribution in [1.29, 1.82) is 0 Å². The van der Waals surface area contributed by atoms with Crippen LogP contribution in [0.4, 0.5) is 13.2 Å². The van der Waals surface area contributed by atoms with E-state index >= 15 is 0 Å². The maximum absolute atomic E-state index is 13.0. The monoisotopic (exact) mass is 446 g/mol. The van der Waals surface area contributed by atoms with E-state index in [9.17, 15) is 21.6 Å². The van der Waals surface area contributed by atoms with Gasteiger partial charge in [0.05, 0.1) is 17.8 Å². The van der Waals surface area contributed by atoms with Crippen LogP contribution in [0.5, 0.6) is 5.75 Å². The number of rotatable bonds is 6. The van der Waals surface area contributed by atoms with Gasteiger partial charge in [-0.05, 0) is 43.7 Å². The summed E-state index contributed by atoms with van der Waals surface area (Å²) in [6.07, 6.45) is -4.57. The molecule has 1 aliphatic rings. The minimum absolute atomic E-state index is 0.0484. The highest BCUT2D eigenvalue weighted by Crippen LogP contribution is 2.44. The third kappa shape index (κ3) is 4.61. The van der Waals surface area contributed by atoms with Crippen LogP contribution in [-0.4, -0.2) is 34.1 Å². The molecule has 2 aromatic carbocycles. The van der Waals surface area contributed by atoms with Gasteiger partial charge in [-0.25, -0.2) is 13.3 Å². The largest absolute Gasteiger partial charge is 0.497 e. The molecule has 3 rings (SSSR count). The first kappa shape index (κ1) is 22.5. The van der Waals surface area contributed by atoms with Gasteiger partial charge in [0.1, 0.15) is 18.0 Å². The first-order chi connectivity index (χ1) is 13.9. The lowest BCUT2D eigenvalue weighted by Crippen LogP contribution is -2.47. The number of hydrogen-bond acceptors (Lipinski definition) is 6. The summed E-state index contributed by atoms with van der Waals surface area (Å²) < 4.78 is 73.9. The van der Waals surface area contributed by atoms with Crippen LogP contribution in [0, 0.1) is 0 Å². The Labute approximate surface area is 172 Å². The molecule has 0 spiro atoms. The molecule has 0 fully saturated rings. The number of alkyl halides is 3. The first-order valence-electron chi connectivity index (χ1n) is 8.93. The minimum atomic E-state index is -4.57. The molecule has 2 atom stereocenters. The van der Waals surface area contributed by atoms with Gasteiger partial charge in [0, 0.05) is 5.56 Å². The summed E-state index contributed by atoms with van der Waals surface area (Å²) in [5, 5.41) is 0. The Balaban J connectivity index is 1.94. The fraction of sp³-hybridized carbons (Fsp3) is 0.400. The summed E-state index contributed by atoms with van der Waals surface area (Å²) in [6.45, 7) is 1.23. The van der Waals surface area contributed by atoms with Gasteiger partial charge in [-0.1, -0.05) is 24.3 Å². The molecule has 2 aromatic rings. The maximum Gasteiger partial charge on any atom is 0.411 e. The SMILES string of the molecule is COc1ccc(S(=O)(=O)CC2(C)OOC(C)(OCC(F)(F)F)c3ccccc32)cc1. The summed E-state index contributed by atoms with van der Waals surface area (Å²) in [7, 11) is -2.38. The molecule has 0 radical (unpaired) electrons. The Morgan fingerprint density at radius 1 is 0.967 bits per heavy atom. The highest BCUT2D eigenvalue weighted by molar-refractivity contribution is 7.91. The summed E-state index contributed by atoms with van der Waals surface area (Å²) in [6, 6.07) is 12.2. The Kier molecular flexibility index (Phi) is 5.89. The lowest BCUT2D eigenvalue weighted by atomic mass is 9.88. The second-order valence-corrected chi connectivity index (χ2v) is 9.22. The topological polar surface area (TPSA) is 71.1 Å². The van der Waals surface area contributed by atoms with E-state index in [0.29, 0.717) is 11.3 Å². The summed E-state index contributed by atoms with van der Waals surface area (Å²) in [5.74, 6) is -1.85. The molecule has 0 saturated heterocycles. The van der Waals surface area contributed by atoms with Crippen molar-refractivity contribution in [3.05, 3.63) is 59.7 Å². The standard InChI is InChI=1S/C20H21F3O6S/c1-18(13-30(24,25)15-10-8-14(26-3)9-11-15)16-6-4-5-7-17(16)19(2,29-28-18)27-12-20(21,22)23/h4-11H,12-13H2,1-3H3. The second kappa shape index (κ2) is 7.84. The van der Waals surface area contributed by atoms with E-state index in [0.717, 1.165) is 0 Å². The van der Waals surface area contributed by atoms with Crippen molar-refractivity contribution in [2.45, 2.75) is 36.3 Å². The zero-order valence-electron chi connectivity index (χ0n) is 16.5. The Morgan fingerprint density at radius 2 is 1.57 bits per heavy atom. The van der Waals surface area contributed by atoms with Gasteiger partial charge in [-0.2, -0.15) is 18.1 Å². The molecule has 0 amide bonds. The summed E-state index contributed by atoms with van der Waals surface area (Å²) >= 11 is 0. The molecular weight excluding hydrogens is 425 g/mol. The highest BCUT2D eigenvalue weighted by atomic mass is 32.2. The molecular formula is C20H21F3O6S. The smallest absolute Gasteiger partial charge is 0.411 e. The molecule has 0 saturated carbocycles. The van der Waals surface area contributed by atoms with Crippen molar-refractivity contribution in [2.24, 2.45) is 0 Å². The van der Waals surface area contributed by atoms with Crippen molar-refractivity contribution in [3.63, 3.8) is 0 Å². The number of benzene rings is 2. The van der Waals surface area contributed by atoms with Crippen molar-refractivity contribution >= 4 is 9.84 Å². The molecule has 1 aliphatic heterocycles. The van der Waals surface area contributed by atoms with Crippen LogP contribution >= 0.6 is 0 Å². The molecule has 1 heterocycles. The molecule has 30 heavy (non-hydrogen) atoms. The van der Waals surface area contributed by atoms with E-state index in [1.54, 1.807) is 18.2 Å². The molecule has 10 heteroatoms. The number of fused-ring (bicyclic) bond motifs is 1. The number of methoxy groups -OCH3 is 1. The fourth-order valence-corrected chi connectivity index (χ4v) is 4.90. The van der Waals surface area contributed by atoms with E-state index < -0.39 is 39.8 Å². The van der Waals surface area contributed by atoms with Crippen LogP contribution in [0.3, 0.4) is 0 Å². The Hall–Kier alpha value is -2.14. The Bertz CT molecular complexity index is 1010. The summed E-state index contributed by atoms with van der Waals surface area (Å²) in [5.41, 5.74) is -0.859. The van der Waals surface area contributed by atoms with E-state index in [1.807, 2.05) is 0 Å². The number of halogens is 3. The van der Waals surface area contributed by atoms with Crippen molar-refractivity contribution in [1.82, 2.24) is 0 Å². The van der Waals surface area contributed by atoms with Crippen LogP contribution in [0.25, 0.3) is 0 Å². The molecule has 2 unspecified atom stereocenters. The first-order valence-corrected chi connectivity index (χ1v) is 10.6. The van der Waals surface area contributed by atoms with E-state index in [1.165, 1.54) is 51.3 Å². The average molecular weight is 446 g/mol. The predicted octanol–water partition coefficient (Wildman–Crippen LogP) is 4.10. The van der Waals surface area contributed by atoms with Crippen LogP contribution in [0.1, 0.15) is 25.0 Å². The van der Waals surface area contributed by atoms with E-state index in [2.05, 4.69) is 0 Å². The molecule has 0 aliphatic carbocycles. The maximum atomic E-state index is 13.0. The zero-order chi connectivity index (χ0) is 22.2. The number of ether oxygens (including phenoxy) is 2. The highest BCUT2D eigenvalue weighted by Gasteiger charge is 2.49. The van der Waals surface area contributed by atoms with Gasteiger partial charge in [0.25, 0.3) is 0 Å². The van der Waals surface area contributed by atoms with Gasteiger partial charge in [0.15, 0.2) is 9.84 Å². The quantitative estimate of drug-likeness (QED) is 0.623. The van der Waals surface area contributed by atoms with Crippen LogP contribution < -0.4 is 4.74 Å². The number of hydrogen-bond donors (Lipinski definition) is 0. The fourth-order valence-electron chi connectivity index (χ4n) is 3.25. The second-order valence-electron chi connectivity index (χ2n) is 7.23. The molecule has 0 bridgehead atoms. The van der Waals surface area contributed by atoms with Gasteiger partial charge in [-0.15, -0.1) is 0 Å². The molecule has 6 nitrogen and oxygen atoms in total. The van der Waals surface area contributed by atoms with E-state index in [-0.39, 0.29) is 10.5 Å². The van der Waals surface area contributed by atoms with Gasteiger partial charge >= 0.3 is 6.18 Å². The van der Waals surface area contributed by atoms with Crippen LogP contribution in [0.2, 0.25) is 0 Å². The van der Waals surface area contributed by atoms with Gasteiger partial charge < -0.3 is 9.47 Å². The minimum Gasteiger partial charge on any atom is -0.497 e. The van der Waals surface area contributed by atoms with Gasteiger partial charge in [-0.3, -0.25) is 0 Å². The van der Waals surface area contributed by atoms with Crippen LogP contribution in [-0.2, 0) is 35.7 Å². The molecule has 164 valence electrons. The normalized spacial score (nSPS) is 24.3. The molecule has 0 aromatic heterocycles. The summed E-state index contributed by atoms with van der Waals surface area (Å²) in [4.78, 5) is 10.6. The number of sulfone groups is 1. The third-order valence-electron chi connectivity index (χ3n) is 4.77. The van der Waals surface area contributed by atoms with Crippen molar-refractivity contribution in [3.8, 4) is 5.75 Å². The third-order valence-corrected chi connectivity index (χ3v) is 6.69. The van der Waals surface area contributed by atoms with E-state index in [4.69, 9.17) is 19.2 Å².